The molecule has 0 aromatic heterocycles. The predicted octanol–water partition coefficient (Wildman–Crippen LogP) is 2.53. The molecule has 0 spiro atoms. The summed E-state index contributed by atoms with van der Waals surface area (Å²) in [6, 6.07) is 0. The Morgan fingerprint density at radius 2 is 2.06 bits per heavy atom. The van der Waals surface area contributed by atoms with E-state index in [1.165, 1.54) is 13.2 Å². The molecule has 0 rings (SSSR count). The van der Waals surface area contributed by atoms with E-state index in [-0.39, 0.29) is 5.97 Å². The lowest BCUT2D eigenvalue weighted by atomic mass is 10.2. The molecule has 0 amide bonds. The third kappa shape index (κ3) is 9.67. The van der Waals surface area contributed by atoms with Gasteiger partial charge in [-0.3, -0.25) is 0 Å². The minimum Gasteiger partial charge on any atom is -0.466 e. The van der Waals surface area contributed by atoms with Crippen molar-refractivity contribution in [3.8, 4) is 0 Å². The number of hydrogen-bond acceptors (Lipinski definition) is 3. The number of allylic oxidation sites excluding steroid dienone is 4. The fraction of sp³-hybridized carbons (Fsp3) is 0.250. The van der Waals surface area contributed by atoms with Gasteiger partial charge in [-0.1, -0.05) is 53.0 Å². The molecular formula is C12H15IO3. The van der Waals surface area contributed by atoms with Crippen LogP contribution in [0.25, 0.3) is 0 Å². The van der Waals surface area contributed by atoms with Gasteiger partial charge < -0.3 is 9.84 Å². The lowest BCUT2D eigenvalue weighted by Crippen LogP contribution is -1.97. The normalized spacial score (nSPS) is 14.4. The second-order valence-corrected chi connectivity index (χ2v) is 3.54. The number of aliphatic hydroxyl groups is 1. The second kappa shape index (κ2) is 10.6. The van der Waals surface area contributed by atoms with Gasteiger partial charge in [0.25, 0.3) is 0 Å². The van der Waals surface area contributed by atoms with Gasteiger partial charge in [-0.25, -0.2) is 4.79 Å². The highest BCUT2D eigenvalue weighted by Gasteiger charge is 1.91. The first-order valence-electron chi connectivity index (χ1n) is 4.73. The minimum absolute atomic E-state index is 0.378. The quantitative estimate of drug-likeness (QED) is 0.351. The average molecular weight is 334 g/mol. The standard InChI is InChI=1S/C12H15IO3/c1-16-12(15)8-6-4-2-3-5-7-11(14)9-10-13/h2-6,8-11,14H,7H2,1H3/b4-2+,5-3+,8-6+,10-9+/t11-/m0/s1. The van der Waals surface area contributed by atoms with Crippen molar-refractivity contribution in [3.63, 3.8) is 0 Å². The Morgan fingerprint density at radius 1 is 1.38 bits per heavy atom. The first kappa shape index (κ1) is 15.1. The highest BCUT2D eigenvalue weighted by molar-refractivity contribution is 14.1. The maximum Gasteiger partial charge on any atom is 0.330 e. The smallest absolute Gasteiger partial charge is 0.330 e. The molecule has 1 atom stereocenters. The van der Waals surface area contributed by atoms with Gasteiger partial charge in [-0.05, 0) is 16.6 Å². The number of esters is 1. The van der Waals surface area contributed by atoms with Crippen LogP contribution in [0.2, 0.25) is 0 Å². The van der Waals surface area contributed by atoms with Crippen molar-refractivity contribution in [2.24, 2.45) is 0 Å². The SMILES string of the molecule is COC(=O)/C=C/C=C/C=C/C[C@H](O)/C=C/I. The van der Waals surface area contributed by atoms with Crippen molar-refractivity contribution in [3.05, 3.63) is 46.6 Å². The molecule has 0 heterocycles. The van der Waals surface area contributed by atoms with Gasteiger partial charge in [0.1, 0.15) is 0 Å². The van der Waals surface area contributed by atoms with Gasteiger partial charge in [0.2, 0.25) is 0 Å². The molecule has 4 heteroatoms. The van der Waals surface area contributed by atoms with Crippen LogP contribution in [0.5, 0.6) is 0 Å². The Morgan fingerprint density at radius 3 is 2.69 bits per heavy atom. The Bertz CT molecular complexity index is 303. The van der Waals surface area contributed by atoms with E-state index in [2.05, 4.69) is 27.3 Å². The fourth-order valence-electron chi connectivity index (χ4n) is 0.790. The van der Waals surface area contributed by atoms with Gasteiger partial charge in [0.05, 0.1) is 13.2 Å². The van der Waals surface area contributed by atoms with Crippen LogP contribution in [0.15, 0.2) is 46.6 Å². The highest BCUT2D eigenvalue weighted by atomic mass is 127. The topological polar surface area (TPSA) is 46.5 Å². The van der Waals surface area contributed by atoms with Gasteiger partial charge in [0, 0.05) is 6.08 Å². The maximum atomic E-state index is 10.7. The van der Waals surface area contributed by atoms with E-state index in [1.807, 2.05) is 12.2 Å². The van der Waals surface area contributed by atoms with Crippen LogP contribution in [0.4, 0.5) is 0 Å². The molecule has 0 fully saturated rings. The summed E-state index contributed by atoms with van der Waals surface area (Å²) in [4.78, 5) is 10.7. The lowest BCUT2D eigenvalue weighted by molar-refractivity contribution is -0.134. The van der Waals surface area contributed by atoms with Crippen molar-refractivity contribution < 1.29 is 14.6 Å². The molecule has 0 saturated carbocycles. The molecule has 0 unspecified atom stereocenters. The molecule has 88 valence electrons. The molecule has 0 saturated heterocycles. The number of methoxy groups -OCH3 is 1. The van der Waals surface area contributed by atoms with Crippen LogP contribution < -0.4 is 0 Å². The molecule has 0 aliphatic rings. The number of carbonyl (C=O) groups is 1. The Hall–Kier alpha value is -0.880. The zero-order chi connectivity index (χ0) is 12.2. The Balaban J connectivity index is 3.79. The summed E-state index contributed by atoms with van der Waals surface area (Å²) in [6.07, 6.45) is 11.9. The highest BCUT2D eigenvalue weighted by Crippen LogP contribution is 1.97. The van der Waals surface area contributed by atoms with Crippen LogP contribution in [-0.2, 0) is 9.53 Å². The first-order chi connectivity index (χ1) is 7.70. The van der Waals surface area contributed by atoms with Crippen molar-refractivity contribution in [2.45, 2.75) is 12.5 Å². The molecule has 3 nitrogen and oxygen atoms in total. The van der Waals surface area contributed by atoms with Crippen LogP contribution in [0.3, 0.4) is 0 Å². The average Bonchev–Trinajstić information content (AvgIpc) is 2.27. The molecular weight excluding hydrogens is 319 g/mol. The van der Waals surface area contributed by atoms with Gasteiger partial charge in [0.15, 0.2) is 0 Å². The van der Waals surface area contributed by atoms with E-state index >= 15 is 0 Å². The zero-order valence-corrected chi connectivity index (χ0v) is 11.2. The molecule has 0 radical (unpaired) electrons. The van der Waals surface area contributed by atoms with Crippen molar-refractivity contribution >= 4 is 28.6 Å². The molecule has 0 aromatic carbocycles. The van der Waals surface area contributed by atoms with Crippen LogP contribution in [0, 0.1) is 0 Å². The Kier molecular flexibility index (Phi) is 10.0. The monoisotopic (exact) mass is 334 g/mol. The first-order valence-corrected chi connectivity index (χ1v) is 5.98. The number of rotatable bonds is 6. The van der Waals surface area contributed by atoms with Crippen molar-refractivity contribution in [1.82, 2.24) is 0 Å². The minimum atomic E-state index is -0.438. The molecule has 0 bridgehead atoms. The zero-order valence-electron chi connectivity index (χ0n) is 9.04. The summed E-state index contributed by atoms with van der Waals surface area (Å²) in [7, 11) is 1.33. The van der Waals surface area contributed by atoms with E-state index in [0.717, 1.165) is 0 Å². The predicted molar refractivity (Wildman–Crippen MR) is 73.2 cm³/mol. The summed E-state index contributed by atoms with van der Waals surface area (Å²) >= 11 is 2.06. The third-order valence-corrected chi connectivity index (χ3v) is 1.99. The molecule has 1 N–H and O–H groups in total. The van der Waals surface area contributed by atoms with Gasteiger partial charge in [-0.2, -0.15) is 0 Å². The number of hydrogen-bond donors (Lipinski definition) is 1. The van der Waals surface area contributed by atoms with Crippen LogP contribution >= 0.6 is 22.6 Å². The summed E-state index contributed by atoms with van der Waals surface area (Å²) in [5.41, 5.74) is 0. The number of halogens is 1. The van der Waals surface area contributed by atoms with Crippen molar-refractivity contribution in [1.29, 1.82) is 0 Å². The summed E-state index contributed by atoms with van der Waals surface area (Å²) in [6.45, 7) is 0. The number of ether oxygens (including phenoxy) is 1. The third-order valence-electron chi connectivity index (χ3n) is 1.58. The lowest BCUT2D eigenvalue weighted by Gasteiger charge is -1.97. The Labute approximate surface area is 109 Å². The molecule has 0 aliphatic carbocycles. The van der Waals surface area contributed by atoms with Crippen LogP contribution in [0.1, 0.15) is 6.42 Å². The van der Waals surface area contributed by atoms with Crippen LogP contribution in [-0.4, -0.2) is 24.3 Å². The van der Waals surface area contributed by atoms with Gasteiger partial charge in [-0.15, -0.1) is 0 Å². The summed E-state index contributed by atoms with van der Waals surface area (Å²) in [5.74, 6) is -0.378. The number of carbonyl (C=O) groups excluding carboxylic acids is 1. The summed E-state index contributed by atoms with van der Waals surface area (Å²) < 4.78 is 6.20. The molecule has 16 heavy (non-hydrogen) atoms. The number of aliphatic hydroxyl groups excluding tert-OH is 1. The molecule has 0 aliphatic heterocycles. The van der Waals surface area contributed by atoms with E-state index < -0.39 is 6.10 Å². The second-order valence-electron chi connectivity index (χ2n) is 2.82. The fourth-order valence-corrected chi connectivity index (χ4v) is 1.27. The maximum absolute atomic E-state index is 10.7. The largest absolute Gasteiger partial charge is 0.466 e. The summed E-state index contributed by atoms with van der Waals surface area (Å²) in [5, 5.41) is 9.31. The van der Waals surface area contributed by atoms with E-state index in [1.54, 1.807) is 28.4 Å². The van der Waals surface area contributed by atoms with E-state index in [0.29, 0.717) is 6.42 Å². The molecule has 0 aromatic rings. The van der Waals surface area contributed by atoms with Crippen molar-refractivity contribution in [2.75, 3.05) is 7.11 Å². The van der Waals surface area contributed by atoms with E-state index in [4.69, 9.17) is 0 Å². The van der Waals surface area contributed by atoms with Gasteiger partial charge >= 0.3 is 5.97 Å². The van der Waals surface area contributed by atoms with E-state index in [9.17, 15) is 9.90 Å².